The van der Waals surface area contributed by atoms with Gasteiger partial charge in [0.15, 0.2) is 24.8 Å². The van der Waals surface area contributed by atoms with Crippen molar-refractivity contribution in [1.82, 2.24) is 0 Å². The predicted octanol–water partition coefficient (Wildman–Crippen LogP) is 0.748. The third-order valence-electron chi connectivity index (χ3n) is 9.13. The maximum atomic E-state index is 3.06. The largest absolute Gasteiger partial charge is 1.00 e. The van der Waals surface area contributed by atoms with E-state index in [9.17, 15) is 0 Å². The molecular weight excluding hydrogens is 583 g/mol. The Morgan fingerprint density at radius 3 is 1.05 bits per heavy atom. The molecule has 2 aromatic carbocycles. The molecule has 0 aliphatic carbocycles. The Labute approximate surface area is 274 Å². The molecule has 0 spiro atoms. The Kier molecular flexibility index (Phi) is 10.8. The van der Waals surface area contributed by atoms with Crippen LogP contribution in [0.1, 0.15) is 70.2 Å². The van der Waals surface area contributed by atoms with Gasteiger partial charge in [-0.2, -0.15) is 0 Å². The third-order valence-corrected chi connectivity index (χ3v) is 9.13. The highest BCUT2D eigenvalue weighted by atomic mass is 35.5. The SMILES string of the molecule is C(=C\c1cc2c3c(c1)CCCN3CCC2)/c1cc[nH+]cc1.C(=C\c1cc2c3c(c1)CCCN3CCC2)/c1cc[nH+]cc1.[Cl-].[Cl-]. The number of benzene rings is 2. The number of aromatic nitrogens is 2. The van der Waals surface area contributed by atoms with E-state index in [1.807, 2.05) is 24.8 Å². The first kappa shape index (κ1) is 31.8. The molecule has 4 nitrogen and oxygen atoms in total. The summed E-state index contributed by atoms with van der Waals surface area (Å²) in [4.78, 5) is 11.3. The zero-order chi connectivity index (χ0) is 28.1. The second kappa shape index (κ2) is 14.9. The number of hydrogen-bond acceptors (Lipinski definition) is 2. The topological polar surface area (TPSA) is 34.8 Å². The highest BCUT2D eigenvalue weighted by molar-refractivity contribution is 5.75. The molecule has 6 heteroatoms. The summed E-state index contributed by atoms with van der Waals surface area (Å²) in [5.74, 6) is 0. The molecule has 8 rings (SSSR count). The van der Waals surface area contributed by atoms with Crippen molar-refractivity contribution in [3.63, 3.8) is 0 Å². The lowest BCUT2D eigenvalue weighted by Gasteiger charge is -2.37. The lowest BCUT2D eigenvalue weighted by atomic mass is 9.90. The Bertz CT molecular complexity index is 1420. The number of pyridine rings is 2. The van der Waals surface area contributed by atoms with E-state index in [1.54, 1.807) is 33.6 Å². The number of nitrogens with one attached hydrogen (secondary N) is 2. The minimum atomic E-state index is 0. The van der Waals surface area contributed by atoms with Gasteiger partial charge < -0.3 is 34.6 Å². The minimum absolute atomic E-state index is 0. The summed E-state index contributed by atoms with van der Waals surface area (Å²) in [5.41, 5.74) is 14.5. The summed E-state index contributed by atoms with van der Waals surface area (Å²) < 4.78 is 0. The van der Waals surface area contributed by atoms with Gasteiger partial charge in [0.1, 0.15) is 0 Å². The molecular formula is C38H42Cl2N4. The van der Waals surface area contributed by atoms with Gasteiger partial charge in [0.2, 0.25) is 0 Å². The van der Waals surface area contributed by atoms with Crippen molar-refractivity contribution >= 4 is 35.7 Å². The quantitative estimate of drug-likeness (QED) is 0.336. The number of aryl methyl sites for hydroxylation is 4. The Morgan fingerprint density at radius 2 is 0.727 bits per heavy atom. The molecule has 6 heterocycles. The molecule has 0 bridgehead atoms. The van der Waals surface area contributed by atoms with Gasteiger partial charge in [-0.3, -0.25) is 0 Å². The molecule has 0 fully saturated rings. The number of H-pyrrole nitrogens is 2. The van der Waals surface area contributed by atoms with Gasteiger partial charge in [-0.1, -0.05) is 24.3 Å². The molecule has 2 aromatic heterocycles. The number of rotatable bonds is 4. The van der Waals surface area contributed by atoms with Crippen molar-refractivity contribution in [2.75, 3.05) is 36.0 Å². The van der Waals surface area contributed by atoms with Crippen molar-refractivity contribution in [3.05, 3.63) is 118 Å². The van der Waals surface area contributed by atoms with E-state index < -0.39 is 0 Å². The van der Waals surface area contributed by atoms with E-state index >= 15 is 0 Å². The zero-order valence-corrected chi connectivity index (χ0v) is 26.9. The van der Waals surface area contributed by atoms with Gasteiger partial charge in [-0.05, 0) is 120 Å². The van der Waals surface area contributed by atoms with Gasteiger partial charge in [0.25, 0.3) is 0 Å². The van der Waals surface area contributed by atoms with E-state index in [1.165, 1.54) is 99.8 Å². The second-order valence-corrected chi connectivity index (χ2v) is 12.1. The lowest BCUT2D eigenvalue weighted by Crippen LogP contribution is -3.00. The minimum Gasteiger partial charge on any atom is -1.00 e. The molecule has 0 radical (unpaired) electrons. The maximum absolute atomic E-state index is 3.06. The molecule has 0 unspecified atom stereocenters. The lowest BCUT2D eigenvalue weighted by molar-refractivity contribution is -0.378. The molecule has 228 valence electrons. The van der Waals surface area contributed by atoms with Crippen LogP contribution >= 0.6 is 0 Å². The third kappa shape index (κ3) is 7.20. The van der Waals surface area contributed by atoms with Crippen LogP contribution in [0, 0.1) is 0 Å². The molecule has 4 aliphatic rings. The molecule has 0 saturated heterocycles. The molecule has 0 amide bonds. The van der Waals surface area contributed by atoms with Crippen molar-refractivity contribution in [3.8, 4) is 0 Å². The van der Waals surface area contributed by atoms with Crippen molar-refractivity contribution in [2.24, 2.45) is 0 Å². The number of nitrogens with zero attached hydrogens (tertiary/aromatic N) is 2. The first-order valence-corrected chi connectivity index (χ1v) is 15.9. The number of aromatic amines is 2. The summed E-state index contributed by atoms with van der Waals surface area (Å²) in [6.45, 7) is 4.98. The monoisotopic (exact) mass is 624 g/mol. The van der Waals surface area contributed by atoms with Gasteiger partial charge >= 0.3 is 0 Å². The summed E-state index contributed by atoms with van der Waals surface area (Å²) in [5, 5.41) is 0. The first-order chi connectivity index (χ1) is 20.8. The molecule has 44 heavy (non-hydrogen) atoms. The summed E-state index contributed by atoms with van der Waals surface area (Å²) in [6.07, 6.45) is 26.9. The van der Waals surface area contributed by atoms with Gasteiger partial charge in [-0.15, -0.1) is 0 Å². The summed E-state index contributed by atoms with van der Waals surface area (Å²) in [6, 6.07) is 18.0. The fourth-order valence-electron chi connectivity index (χ4n) is 7.26. The second-order valence-electron chi connectivity index (χ2n) is 12.1. The highest BCUT2D eigenvalue weighted by Crippen LogP contribution is 2.37. The van der Waals surface area contributed by atoms with E-state index in [0.29, 0.717) is 0 Å². The Balaban J connectivity index is 0.000000167. The van der Waals surface area contributed by atoms with Crippen LogP contribution in [0.25, 0.3) is 24.3 Å². The molecule has 0 atom stereocenters. The van der Waals surface area contributed by atoms with Gasteiger partial charge in [-0.25, -0.2) is 9.97 Å². The van der Waals surface area contributed by atoms with Crippen molar-refractivity contribution < 1.29 is 34.8 Å². The normalized spacial score (nSPS) is 16.3. The predicted molar refractivity (Wildman–Crippen MR) is 174 cm³/mol. The summed E-state index contributed by atoms with van der Waals surface area (Å²) >= 11 is 0. The van der Waals surface area contributed by atoms with E-state index in [4.69, 9.17) is 0 Å². The van der Waals surface area contributed by atoms with Crippen LogP contribution in [0.4, 0.5) is 11.4 Å². The van der Waals surface area contributed by atoms with Crippen LogP contribution in [0.2, 0.25) is 0 Å². The van der Waals surface area contributed by atoms with E-state index in [2.05, 4.69) is 92.6 Å². The van der Waals surface area contributed by atoms with Crippen LogP contribution < -0.4 is 44.6 Å². The Morgan fingerprint density at radius 1 is 0.432 bits per heavy atom. The first-order valence-electron chi connectivity index (χ1n) is 15.9. The summed E-state index contributed by atoms with van der Waals surface area (Å²) in [7, 11) is 0. The van der Waals surface area contributed by atoms with Crippen molar-refractivity contribution in [2.45, 2.75) is 51.4 Å². The van der Waals surface area contributed by atoms with Crippen LogP contribution in [0.3, 0.4) is 0 Å². The fraction of sp³-hybridized carbons (Fsp3) is 0.316. The zero-order valence-electron chi connectivity index (χ0n) is 25.4. The number of hydrogen-bond donors (Lipinski definition) is 0. The smallest absolute Gasteiger partial charge is 0.167 e. The standard InChI is InChI=1S/2C19H20N2.2ClH/c2*1-3-17-13-16(6-5-15-7-9-20-10-8-15)14-18-4-2-12-21(11-1)19(17)18;;/h2*5-10,13-14H,1-4,11-12H2;2*1H/b2*6-5+;;. The molecule has 0 saturated carbocycles. The van der Waals surface area contributed by atoms with Crippen LogP contribution in [0.5, 0.6) is 0 Å². The Hall–Kier alpha value is -3.60. The van der Waals surface area contributed by atoms with Crippen LogP contribution in [-0.4, -0.2) is 26.2 Å². The number of anilines is 2. The van der Waals surface area contributed by atoms with E-state index in [0.717, 1.165) is 0 Å². The van der Waals surface area contributed by atoms with E-state index in [-0.39, 0.29) is 24.8 Å². The fourth-order valence-corrected chi connectivity index (χ4v) is 7.26. The highest BCUT2D eigenvalue weighted by Gasteiger charge is 2.25. The van der Waals surface area contributed by atoms with Gasteiger partial charge in [0.05, 0.1) is 0 Å². The average molecular weight is 626 g/mol. The van der Waals surface area contributed by atoms with Crippen molar-refractivity contribution in [1.29, 1.82) is 0 Å². The number of halogens is 2. The molecule has 2 N–H and O–H groups in total. The molecule has 4 aromatic rings. The van der Waals surface area contributed by atoms with Crippen LogP contribution in [0.15, 0.2) is 73.3 Å². The molecule has 4 aliphatic heterocycles. The average Bonchev–Trinajstić information content (AvgIpc) is 3.05. The van der Waals surface area contributed by atoms with Crippen LogP contribution in [-0.2, 0) is 25.7 Å². The van der Waals surface area contributed by atoms with Gasteiger partial charge in [0, 0.05) is 61.8 Å². The maximum Gasteiger partial charge on any atom is 0.167 e.